The smallest absolute Gasteiger partial charge is 0.273 e. The minimum atomic E-state index is -3.83. The first-order chi connectivity index (χ1) is 9.36. The van der Waals surface area contributed by atoms with Gasteiger partial charge in [0.2, 0.25) is 10.0 Å². The highest BCUT2D eigenvalue weighted by molar-refractivity contribution is 7.89. The first-order valence-corrected chi connectivity index (χ1v) is 7.31. The topological polar surface area (TPSA) is 110 Å². The van der Waals surface area contributed by atoms with Gasteiger partial charge in [-0.05, 0) is 12.5 Å². The first kappa shape index (κ1) is 14.7. The summed E-state index contributed by atoms with van der Waals surface area (Å²) >= 11 is 0. The number of non-ortho nitro benzene ring substituents is 1. The Bertz CT molecular complexity index is 630. The number of hydrogen-bond acceptors (Lipinski definition) is 6. The van der Waals surface area contributed by atoms with Gasteiger partial charge in [0, 0.05) is 19.2 Å². The zero-order valence-corrected chi connectivity index (χ0v) is 11.5. The van der Waals surface area contributed by atoms with E-state index in [0.29, 0.717) is 6.42 Å². The maximum Gasteiger partial charge on any atom is 0.273 e. The maximum atomic E-state index is 12.4. The molecule has 1 aromatic carbocycles. The Balaban J connectivity index is 2.44. The summed E-state index contributed by atoms with van der Waals surface area (Å²) < 4.78 is 30.9. The molecule has 0 radical (unpaired) electrons. The molecule has 8 nitrogen and oxygen atoms in total. The van der Waals surface area contributed by atoms with Crippen molar-refractivity contribution in [3.63, 3.8) is 0 Å². The lowest BCUT2D eigenvalue weighted by Crippen LogP contribution is -2.30. The van der Waals surface area contributed by atoms with E-state index in [9.17, 15) is 23.6 Å². The number of nitro benzene ring substituents is 1. The second kappa shape index (κ2) is 5.35. The minimum absolute atomic E-state index is 0.0163. The quantitative estimate of drug-likeness (QED) is 0.635. The molecule has 1 aliphatic heterocycles. The monoisotopic (exact) mass is 302 g/mol. The van der Waals surface area contributed by atoms with Crippen molar-refractivity contribution < 1.29 is 23.2 Å². The van der Waals surface area contributed by atoms with Crippen LogP contribution in [0.25, 0.3) is 0 Å². The van der Waals surface area contributed by atoms with Crippen molar-refractivity contribution in [2.75, 3.05) is 20.2 Å². The Labute approximate surface area is 115 Å². The molecule has 0 aromatic heterocycles. The van der Waals surface area contributed by atoms with Gasteiger partial charge in [0.25, 0.3) is 5.69 Å². The van der Waals surface area contributed by atoms with Gasteiger partial charge in [-0.2, -0.15) is 4.31 Å². The van der Waals surface area contributed by atoms with Gasteiger partial charge < -0.3 is 9.84 Å². The molecule has 110 valence electrons. The third-order valence-corrected chi connectivity index (χ3v) is 5.01. The summed E-state index contributed by atoms with van der Waals surface area (Å²) in [4.78, 5) is 9.92. The van der Waals surface area contributed by atoms with Crippen LogP contribution in [0.4, 0.5) is 5.69 Å². The van der Waals surface area contributed by atoms with E-state index in [1.807, 2.05) is 0 Å². The standard InChI is InChI=1S/C11H14N2O6S/c1-19-10-6-8(13(15)16)2-3-11(10)20(17,18)12-5-4-9(14)7-12/h2-3,6,9,14H,4-5,7H2,1H3. The Morgan fingerprint density at radius 3 is 2.70 bits per heavy atom. The number of β-amino-alcohol motifs (C(OH)–C–C–N with tert-alkyl or cyclic N) is 1. The van der Waals surface area contributed by atoms with Crippen LogP contribution < -0.4 is 4.74 Å². The fourth-order valence-corrected chi connectivity index (χ4v) is 3.68. The third-order valence-electron chi connectivity index (χ3n) is 3.10. The van der Waals surface area contributed by atoms with Gasteiger partial charge in [0.15, 0.2) is 0 Å². The largest absolute Gasteiger partial charge is 0.495 e. The second-order valence-corrected chi connectivity index (χ2v) is 6.30. The maximum absolute atomic E-state index is 12.4. The molecule has 0 aliphatic carbocycles. The molecule has 2 rings (SSSR count). The van der Waals surface area contributed by atoms with Crippen LogP contribution in [-0.4, -0.2) is 49.1 Å². The van der Waals surface area contributed by atoms with Gasteiger partial charge >= 0.3 is 0 Å². The number of sulfonamides is 1. The number of aliphatic hydroxyl groups excluding tert-OH is 1. The first-order valence-electron chi connectivity index (χ1n) is 5.87. The van der Waals surface area contributed by atoms with Crippen molar-refractivity contribution >= 4 is 15.7 Å². The van der Waals surface area contributed by atoms with E-state index in [1.54, 1.807) is 0 Å². The lowest BCUT2D eigenvalue weighted by atomic mass is 10.3. The number of rotatable bonds is 4. The van der Waals surface area contributed by atoms with Gasteiger partial charge in [-0.15, -0.1) is 0 Å². The number of methoxy groups -OCH3 is 1. The van der Waals surface area contributed by atoms with Crippen LogP contribution in [0, 0.1) is 10.1 Å². The molecule has 1 fully saturated rings. The average Bonchev–Trinajstić information content (AvgIpc) is 2.85. The van der Waals surface area contributed by atoms with Crippen LogP contribution in [0.5, 0.6) is 5.75 Å². The van der Waals surface area contributed by atoms with E-state index in [0.717, 1.165) is 22.5 Å². The van der Waals surface area contributed by atoms with Crippen molar-refractivity contribution in [3.8, 4) is 5.75 Å². The number of benzene rings is 1. The van der Waals surface area contributed by atoms with E-state index in [4.69, 9.17) is 4.74 Å². The van der Waals surface area contributed by atoms with Crippen LogP contribution in [0.3, 0.4) is 0 Å². The molecule has 1 saturated heterocycles. The van der Waals surface area contributed by atoms with Crippen LogP contribution in [0.2, 0.25) is 0 Å². The van der Waals surface area contributed by atoms with Crippen molar-refractivity contribution in [1.29, 1.82) is 0 Å². The third kappa shape index (κ3) is 2.60. The van der Waals surface area contributed by atoms with Crippen LogP contribution in [-0.2, 0) is 10.0 Å². The number of hydrogen-bond donors (Lipinski definition) is 1. The minimum Gasteiger partial charge on any atom is -0.495 e. The average molecular weight is 302 g/mol. The number of nitrogens with zero attached hydrogens (tertiary/aromatic N) is 2. The highest BCUT2D eigenvalue weighted by atomic mass is 32.2. The van der Waals surface area contributed by atoms with Crippen molar-refractivity contribution in [2.24, 2.45) is 0 Å². The van der Waals surface area contributed by atoms with Gasteiger partial charge in [0.05, 0.1) is 24.2 Å². The Hall–Kier alpha value is -1.71. The molecule has 0 spiro atoms. The summed E-state index contributed by atoms with van der Waals surface area (Å²) in [7, 11) is -2.58. The highest BCUT2D eigenvalue weighted by Crippen LogP contribution is 2.31. The van der Waals surface area contributed by atoms with Crippen molar-refractivity contribution in [3.05, 3.63) is 28.3 Å². The Morgan fingerprint density at radius 2 is 2.20 bits per heavy atom. The molecule has 9 heteroatoms. The summed E-state index contributed by atoms with van der Waals surface area (Å²) in [6, 6.07) is 3.33. The predicted molar refractivity (Wildman–Crippen MR) is 69.0 cm³/mol. The molecular formula is C11H14N2O6S. The molecule has 1 aliphatic rings. The zero-order chi connectivity index (χ0) is 14.9. The normalized spacial score (nSPS) is 20.0. The van der Waals surface area contributed by atoms with E-state index in [2.05, 4.69) is 0 Å². The highest BCUT2D eigenvalue weighted by Gasteiger charge is 2.34. The van der Waals surface area contributed by atoms with E-state index >= 15 is 0 Å². The molecule has 1 atom stereocenters. The van der Waals surface area contributed by atoms with Gasteiger partial charge in [-0.1, -0.05) is 0 Å². The Kier molecular flexibility index (Phi) is 3.93. The van der Waals surface area contributed by atoms with Crippen LogP contribution in [0.15, 0.2) is 23.1 Å². The number of nitro groups is 1. The lowest BCUT2D eigenvalue weighted by Gasteiger charge is -2.17. The fraction of sp³-hybridized carbons (Fsp3) is 0.455. The molecule has 0 bridgehead atoms. The predicted octanol–water partition coefficient (Wildman–Crippen LogP) is 0.359. The molecule has 0 amide bonds. The summed E-state index contributed by atoms with van der Waals surface area (Å²) in [5, 5.41) is 20.1. The Morgan fingerprint density at radius 1 is 1.50 bits per heavy atom. The van der Waals surface area contributed by atoms with Crippen LogP contribution >= 0.6 is 0 Å². The van der Waals surface area contributed by atoms with Crippen LogP contribution in [0.1, 0.15) is 6.42 Å². The van der Waals surface area contributed by atoms with Gasteiger partial charge in [0.1, 0.15) is 10.6 Å². The lowest BCUT2D eigenvalue weighted by molar-refractivity contribution is -0.385. The van der Waals surface area contributed by atoms with Crippen molar-refractivity contribution in [2.45, 2.75) is 17.4 Å². The summed E-state index contributed by atoms with van der Waals surface area (Å²) in [5.74, 6) is -0.0828. The molecular weight excluding hydrogens is 288 g/mol. The van der Waals surface area contributed by atoms with E-state index in [-0.39, 0.29) is 29.4 Å². The zero-order valence-electron chi connectivity index (χ0n) is 10.7. The second-order valence-electron chi connectivity index (χ2n) is 4.40. The van der Waals surface area contributed by atoms with Gasteiger partial charge in [-0.25, -0.2) is 8.42 Å². The molecule has 1 heterocycles. The molecule has 0 saturated carbocycles. The molecule has 1 aromatic rings. The van der Waals surface area contributed by atoms with E-state index in [1.165, 1.54) is 7.11 Å². The molecule has 20 heavy (non-hydrogen) atoms. The SMILES string of the molecule is COc1cc([N+](=O)[O-])ccc1S(=O)(=O)N1CCC(O)C1. The summed E-state index contributed by atoms with van der Waals surface area (Å²) in [6.07, 6.45) is -0.317. The number of aliphatic hydroxyl groups is 1. The summed E-state index contributed by atoms with van der Waals surface area (Å²) in [5.41, 5.74) is -0.248. The number of ether oxygens (including phenoxy) is 1. The molecule has 1 N–H and O–H groups in total. The fourth-order valence-electron chi connectivity index (χ4n) is 2.05. The molecule has 1 unspecified atom stereocenters. The summed E-state index contributed by atoms with van der Waals surface area (Å²) in [6.45, 7) is 0.228. The van der Waals surface area contributed by atoms with E-state index < -0.39 is 21.1 Å². The van der Waals surface area contributed by atoms with Gasteiger partial charge in [-0.3, -0.25) is 10.1 Å². The van der Waals surface area contributed by atoms with Crippen molar-refractivity contribution in [1.82, 2.24) is 4.31 Å².